The summed E-state index contributed by atoms with van der Waals surface area (Å²) in [5.41, 5.74) is 0.658. The van der Waals surface area contributed by atoms with Gasteiger partial charge < -0.3 is 0 Å². The van der Waals surface area contributed by atoms with Crippen molar-refractivity contribution in [3.05, 3.63) is 38.9 Å². The van der Waals surface area contributed by atoms with Crippen molar-refractivity contribution >= 4 is 33.7 Å². The van der Waals surface area contributed by atoms with Crippen molar-refractivity contribution in [2.75, 3.05) is 12.9 Å². The number of hydrazone groups is 1. The Bertz CT molecular complexity index is 672. The van der Waals surface area contributed by atoms with E-state index in [1.165, 1.54) is 23.5 Å². The summed E-state index contributed by atoms with van der Waals surface area (Å²) in [6.45, 7) is 0.901. The Morgan fingerprint density at radius 1 is 1.55 bits per heavy atom. The van der Waals surface area contributed by atoms with Crippen molar-refractivity contribution in [3.8, 4) is 0 Å². The second-order valence-electron chi connectivity index (χ2n) is 4.33. The van der Waals surface area contributed by atoms with Crippen LogP contribution in [0.25, 0.3) is 0 Å². The van der Waals surface area contributed by atoms with Crippen LogP contribution in [0.5, 0.6) is 0 Å². The molecular formula is C10H14ClN5O5S. The molecule has 1 aromatic carbocycles. The second-order valence-corrected chi connectivity index (χ2v) is 6.20. The SMILES string of the molecule is CS(=O)(=O)O.NN1C=NN(Cc2ccc(Cl)c([N+](=O)[O-])c2)C1. The van der Waals surface area contributed by atoms with Crippen LogP contribution in [0.15, 0.2) is 23.3 Å². The highest BCUT2D eigenvalue weighted by atomic mass is 35.5. The van der Waals surface area contributed by atoms with Gasteiger partial charge in [0.2, 0.25) is 0 Å². The summed E-state index contributed by atoms with van der Waals surface area (Å²) in [5.74, 6) is 5.49. The highest BCUT2D eigenvalue weighted by Gasteiger charge is 2.15. The molecule has 122 valence electrons. The summed E-state index contributed by atoms with van der Waals surface area (Å²) < 4.78 is 25.9. The maximum atomic E-state index is 10.7. The quantitative estimate of drug-likeness (QED) is 0.349. The molecule has 12 heteroatoms. The number of halogens is 1. The predicted molar refractivity (Wildman–Crippen MR) is 80.5 cm³/mol. The fraction of sp³-hybridized carbons (Fsp3) is 0.300. The molecular weight excluding hydrogens is 338 g/mol. The van der Waals surface area contributed by atoms with Gasteiger partial charge in [0.05, 0.1) is 17.7 Å². The van der Waals surface area contributed by atoms with Gasteiger partial charge in [-0.2, -0.15) is 13.5 Å². The Kier molecular flexibility index (Phi) is 6.05. The van der Waals surface area contributed by atoms with Crippen LogP contribution in [0.3, 0.4) is 0 Å². The Morgan fingerprint density at radius 3 is 2.59 bits per heavy atom. The van der Waals surface area contributed by atoms with Crippen LogP contribution in [0.2, 0.25) is 5.02 Å². The molecule has 22 heavy (non-hydrogen) atoms. The third-order valence-corrected chi connectivity index (χ3v) is 2.58. The molecule has 0 bridgehead atoms. The van der Waals surface area contributed by atoms with Gasteiger partial charge in [-0.15, -0.1) is 0 Å². The Labute approximate surface area is 131 Å². The Morgan fingerprint density at radius 2 is 2.14 bits per heavy atom. The number of nitrogens with zero attached hydrogens (tertiary/aromatic N) is 4. The standard InChI is InChI=1S/C9H10ClN5O2.CH4O3S/c10-8-2-1-7(3-9(8)15(16)17)4-14-6-13(11)5-12-14;1-5(2,3)4/h1-3,5H,4,6,11H2;1H3,(H,2,3,4). The lowest BCUT2D eigenvalue weighted by Gasteiger charge is -2.15. The van der Waals surface area contributed by atoms with Crippen LogP contribution in [0.1, 0.15) is 5.56 Å². The molecule has 0 saturated heterocycles. The van der Waals surface area contributed by atoms with Gasteiger partial charge in [-0.1, -0.05) is 17.7 Å². The summed E-state index contributed by atoms with van der Waals surface area (Å²) in [6, 6.07) is 4.68. The topological polar surface area (TPSA) is 142 Å². The lowest BCUT2D eigenvalue weighted by molar-refractivity contribution is -0.384. The summed E-state index contributed by atoms with van der Waals surface area (Å²) >= 11 is 5.72. The van der Waals surface area contributed by atoms with Gasteiger partial charge in [-0.3, -0.25) is 24.7 Å². The summed E-state index contributed by atoms with van der Waals surface area (Å²) in [4.78, 5) is 10.2. The predicted octanol–water partition coefficient (Wildman–Crippen LogP) is 0.644. The number of benzene rings is 1. The van der Waals surface area contributed by atoms with Crippen LogP contribution in [-0.4, -0.2) is 47.2 Å². The van der Waals surface area contributed by atoms with Crippen molar-refractivity contribution in [1.82, 2.24) is 10.0 Å². The lowest BCUT2D eigenvalue weighted by atomic mass is 10.2. The van der Waals surface area contributed by atoms with E-state index in [-0.39, 0.29) is 10.7 Å². The number of nitro benzene ring substituents is 1. The number of hydrogen-bond acceptors (Lipinski definition) is 8. The average Bonchev–Trinajstić information content (AvgIpc) is 2.75. The minimum absolute atomic E-state index is 0.100. The van der Waals surface area contributed by atoms with Gasteiger partial charge in [-0.25, -0.2) is 5.84 Å². The van der Waals surface area contributed by atoms with Crippen LogP contribution < -0.4 is 5.84 Å². The fourth-order valence-electron chi connectivity index (χ4n) is 1.50. The van der Waals surface area contributed by atoms with E-state index in [0.29, 0.717) is 19.5 Å². The maximum Gasteiger partial charge on any atom is 0.288 e. The minimum atomic E-state index is -3.67. The van der Waals surface area contributed by atoms with E-state index >= 15 is 0 Å². The molecule has 1 aromatic rings. The van der Waals surface area contributed by atoms with E-state index in [1.807, 2.05) is 0 Å². The molecule has 3 N–H and O–H groups in total. The molecule has 0 unspecified atom stereocenters. The zero-order chi connectivity index (χ0) is 16.9. The molecule has 0 radical (unpaired) electrons. The zero-order valence-electron chi connectivity index (χ0n) is 11.5. The first-order chi connectivity index (χ1) is 10.1. The van der Waals surface area contributed by atoms with Gasteiger partial charge in [0.25, 0.3) is 15.8 Å². The van der Waals surface area contributed by atoms with E-state index in [0.717, 1.165) is 5.56 Å². The maximum absolute atomic E-state index is 10.7. The number of nitro groups is 1. The Hall–Kier alpha value is -1.95. The van der Waals surface area contributed by atoms with Crippen molar-refractivity contribution in [3.63, 3.8) is 0 Å². The first-order valence-corrected chi connectivity index (χ1v) is 7.94. The molecule has 1 aliphatic rings. The average molecular weight is 352 g/mol. The fourth-order valence-corrected chi connectivity index (χ4v) is 1.69. The molecule has 0 fully saturated rings. The monoisotopic (exact) mass is 351 g/mol. The van der Waals surface area contributed by atoms with Gasteiger partial charge in [0.15, 0.2) is 0 Å². The zero-order valence-corrected chi connectivity index (χ0v) is 13.0. The highest BCUT2D eigenvalue weighted by molar-refractivity contribution is 7.85. The minimum Gasteiger partial charge on any atom is -0.286 e. The first-order valence-electron chi connectivity index (χ1n) is 5.72. The summed E-state index contributed by atoms with van der Waals surface area (Å²) in [6.07, 6.45) is 2.21. The molecule has 0 aromatic heterocycles. The van der Waals surface area contributed by atoms with Gasteiger partial charge >= 0.3 is 0 Å². The van der Waals surface area contributed by atoms with Crippen molar-refractivity contribution in [1.29, 1.82) is 0 Å². The lowest BCUT2D eigenvalue weighted by Crippen LogP contribution is -2.31. The van der Waals surface area contributed by atoms with Crippen molar-refractivity contribution in [2.24, 2.45) is 10.9 Å². The van der Waals surface area contributed by atoms with E-state index in [2.05, 4.69) is 5.10 Å². The van der Waals surface area contributed by atoms with Crippen LogP contribution in [0, 0.1) is 10.1 Å². The van der Waals surface area contributed by atoms with Gasteiger partial charge in [0.1, 0.15) is 18.0 Å². The molecule has 0 atom stereocenters. The third-order valence-electron chi connectivity index (χ3n) is 2.26. The normalized spacial score (nSPS) is 13.8. The van der Waals surface area contributed by atoms with Crippen LogP contribution >= 0.6 is 11.6 Å². The molecule has 0 spiro atoms. The van der Waals surface area contributed by atoms with Crippen LogP contribution in [-0.2, 0) is 16.7 Å². The van der Waals surface area contributed by atoms with E-state index < -0.39 is 15.0 Å². The second kappa shape index (κ2) is 7.35. The van der Waals surface area contributed by atoms with E-state index in [9.17, 15) is 18.5 Å². The van der Waals surface area contributed by atoms with Crippen molar-refractivity contribution < 1.29 is 17.9 Å². The number of nitrogens with two attached hydrogens (primary N) is 1. The van der Waals surface area contributed by atoms with Gasteiger partial charge in [0, 0.05) is 6.07 Å². The molecule has 2 rings (SSSR count). The Balaban J connectivity index is 0.000000422. The largest absolute Gasteiger partial charge is 0.288 e. The molecule has 1 aliphatic heterocycles. The van der Waals surface area contributed by atoms with Gasteiger partial charge in [-0.05, 0) is 11.6 Å². The molecule has 0 saturated carbocycles. The van der Waals surface area contributed by atoms with Crippen LogP contribution in [0.4, 0.5) is 5.69 Å². The molecule has 10 nitrogen and oxygen atoms in total. The number of hydrogen-bond donors (Lipinski definition) is 2. The van der Waals surface area contributed by atoms with Crippen molar-refractivity contribution in [2.45, 2.75) is 6.54 Å². The van der Waals surface area contributed by atoms with E-state index in [4.69, 9.17) is 22.0 Å². The number of hydrazine groups is 1. The molecule has 1 heterocycles. The van der Waals surface area contributed by atoms with E-state index in [1.54, 1.807) is 11.1 Å². The first kappa shape index (κ1) is 18.1. The summed E-state index contributed by atoms with van der Waals surface area (Å²) in [7, 11) is -3.67. The molecule has 0 aliphatic carbocycles. The highest BCUT2D eigenvalue weighted by Crippen LogP contribution is 2.25. The molecule has 0 amide bonds. The third kappa shape index (κ3) is 6.67. The number of rotatable bonds is 3. The smallest absolute Gasteiger partial charge is 0.286 e. The summed E-state index contributed by atoms with van der Waals surface area (Å²) in [5, 5.41) is 18.0.